The second-order valence-corrected chi connectivity index (χ2v) is 6.86. The highest BCUT2D eigenvalue weighted by atomic mass is 35.5. The maximum Gasteiger partial charge on any atom is 0.254 e. The van der Waals surface area contributed by atoms with Crippen molar-refractivity contribution < 1.29 is 14.3 Å². The van der Waals surface area contributed by atoms with Crippen molar-refractivity contribution in [3.05, 3.63) is 51.8 Å². The molecular weight excluding hydrogens is 340 g/mol. The van der Waals surface area contributed by atoms with Crippen LogP contribution in [0.25, 0.3) is 0 Å². The first kappa shape index (κ1) is 16.2. The summed E-state index contributed by atoms with van der Waals surface area (Å²) < 4.78 is 10.7. The number of benzene rings is 1. The number of pyridine rings is 1. The molecule has 0 bridgehead atoms. The number of amides is 1. The van der Waals surface area contributed by atoms with Crippen LogP contribution in [0.5, 0.6) is 11.5 Å². The van der Waals surface area contributed by atoms with Crippen LogP contribution in [0.3, 0.4) is 0 Å². The molecular formula is C19H19ClN2O3. The Bertz CT molecular complexity index is 849. The van der Waals surface area contributed by atoms with E-state index in [4.69, 9.17) is 21.1 Å². The van der Waals surface area contributed by atoms with Gasteiger partial charge in [-0.25, -0.2) is 4.98 Å². The highest BCUT2D eigenvalue weighted by molar-refractivity contribution is 6.29. The van der Waals surface area contributed by atoms with Crippen molar-refractivity contribution in [2.75, 3.05) is 14.2 Å². The van der Waals surface area contributed by atoms with Crippen LogP contribution in [0.4, 0.5) is 0 Å². The molecule has 0 N–H and O–H groups in total. The molecule has 0 atom stereocenters. The second-order valence-electron chi connectivity index (χ2n) is 6.47. The summed E-state index contributed by atoms with van der Waals surface area (Å²) in [7, 11) is 3.24. The van der Waals surface area contributed by atoms with Gasteiger partial charge in [0.2, 0.25) is 0 Å². The molecule has 6 heteroatoms. The fourth-order valence-corrected chi connectivity index (χ4v) is 3.56. The van der Waals surface area contributed by atoms with Gasteiger partial charge >= 0.3 is 0 Å². The lowest BCUT2D eigenvalue weighted by molar-refractivity contribution is 0.0765. The zero-order valence-electron chi connectivity index (χ0n) is 14.2. The number of hydrogen-bond acceptors (Lipinski definition) is 4. The van der Waals surface area contributed by atoms with Crippen LogP contribution in [-0.2, 0) is 13.1 Å². The van der Waals surface area contributed by atoms with E-state index in [9.17, 15) is 4.79 Å². The third-order valence-electron chi connectivity index (χ3n) is 4.81. The largest absolute Gasteiger partial charge is 0.497 e. The van der Waals surface area contributed by atoms with Gasteiger partial charge in [-0.2, -0.15) is 0 Å². The lowest BCUT2D eigenvalue weighted by Crippen LogP contribution is -2.23. The molecule has 2 heterocycles. The number of halogens is 1. The fourth-order valence-electron chi connectivity index (χ4n) is 3.36. The van der Waals surface area contributed by atoms with Gasteiger partial charge in [0.1, 0.15) is 16.7 Å². The normalized spacial score (nSPS) is 16.1. The molecule has 4 rings (SSSR count). The van der Waals surface area contributed by atoms with E-state index in [1.54, 1.807) is 20.3 Å². The Morgan fingerprint density at radius 1 is 1.24 bits per heavy atom. The standard InChI is InChI=1S/C19H19ClN2O3/c1-24-13-6-5-12(16(7-13)25-2)9-22-10-15-14(19(22)23)8-17(20)21-18(15)11-3-4-11/h5-8,11H,3-4,9-10H2,1-2H3. The zero-order valence-corrected chi connectivity index (χ0v) is 15.0. The van der Waals surface area contributed by atoms with E-state index >= 15 is 0 Å². The van der Waals surface area contributed by atoms with Crippen LogP contribution in [0.1, 0.15) is 45.9 Å². The molecule has 0 spiro atoms. The van der Waals surface area contributed by atoms with E-state index in [2.05, 4.69) is 4.98 Å². The molecule has 1 aliphatic heterocycles. The summed E-state index contributed by atoms with van der Waals surface area (Å²) in [5.74, 6) is 1.89. The maximum absolute atomic E-state index is 12.8. The van der Waals surface area contributed by atoms with Gasteiger partial charge < -0.3 is 14.4 Å². The zero-order chi connectivity index (χ0) is 17.6. The van der Waals surface area contributed by atoms with Gasteiger partial charge in [-0.1, -0.05) is 11.6 Å². The molecule has 5 nitrogen and oxygen atoms in total. The number of fused-ring (bicyclic) bond motifs is 1. The maximum atomic E-state index is 12.8. The second kappa shape index (κ2) is 6.23. The van der Waals surface area contributed by atoms with Crippen LogP contribution in [0.15, 0.2) is 24.3 Å². The van der Waals surface area contributed by atoms with Crippen LogP contribution in [0, 0.1) is 0 Å². The average Bonchev–Trinajstić information content (AvgIpc) is 3.42. The van der Waals surface area contributed by atoms with Gasteiger partial charge in [0.05, 0.1) is 19.9 Å². The predicted molar refractivity (Wildman–Crippen MR) is 94.3 cm³/mol. The molecule has 1 fully saturated rings. The lowest BCUT2D eigenvalue weighted by Gasteiger charge is -2.18. The van der Waals surface area contributed by atoms with Crippen molar-refractivity contribution in [2.24, 2.45) is 0 Å². The van der Waals surface area contributed by atoms with Crippen molar-refractivity contribution in [1.82, 2.24) is 9.88 Å². The molecule has 2 aromatic rings. The minimum atomic E-state index is -0.000860. The van der Waals surface area contributed by atoms with Crippen LogP contribution >= 0.6 is 11.6 Å². The van der Waals surface area contributed by atoms with E-state index < -0.39 is 0 Å². The number of aromatic nitrogens is 1. The molecule has 1 amide bonds. The van der Waals surface area contributed by atoms with Crippen molar-refractivity contribution in [2.45, 2.75) is 31.8 Å². The molecule has 0 saturated heterocycles. The molecule has 1 aromatic heterocycles. The van der Waals surface area contributed by atoms with E-state index in [0.717, 1.165) is 35.4 Å². The average molecular weight is 359 g/mol. The van der Waals surface area contributed by atoms with Gasteiger partial charge in [-0.05, 0) is 31.0 Å². The minimum Gasteiger partial charge on any atom is -0.497 e. The molecule has 0 radical (unpaired) electrons. The van der Waals surface area contributed by atoms with E-state index in [1.165, 1.54) is 0 Å². The number of ether oxygens (including phenoxy) is 2. The van der Waals surface area contributed by atoms with Crippen molar-refractivity contribution in [3.63, 3.8) is 0 Å². The summed E-state index contributed by atoms with van der Waals surface area (Å²) >= 11 is 6.14. The monoisotopic (exact) mass is 358 g/mol. The summed E-state index contributed by atoms with van der Waals surface area (Å²) in [4.78, 5) is 19.1. The van der Waals surface area contributed by atoms with Crippen molar-refractivity contribution >= 4 is 17.5 Å². The molecule has 25 heavy (non-hydrogen) atoms. The van der Waals surface area contributed by atoms with Crippen LogP contribution < -0.4 is 9.47 Å². The molecule has 130 valence electrons. The van der Waals surface area contributed by atoms with Crippen LogP contribution in [-0.4, -0.2) is 30.0 Å². The Labute approximate surface area is 151 Å². The summed E-state index contributed by atoms with van der Waals surface area (Å²) in [5, 5.41) is 0.401. The van der Waals surface area contributed by atoms with E-state index in [0.29, 0.717) is 35.5 Å². The Kier molecular flexibility index (Phi) is 4.04. The summed E-state index contributed by atoms with van der Waals surface area (Å²) in [5.41, 5.74) is 3.66. The summed E-state index contributed by atoms with van der Waals surface area (Å²) in [6, 6.07) is 7.33. The number of carbonyl (C=O) groups excluding carboxylic acids is 1. The van der Waals surface area contributed by atoms with Gasteiger partial charge in [0.15, 0.2) is 0 Å². The summed E-state index contributed by atoms with van der Waals surface area (Å²) in [6.45, 7) is 1.04. The Morgan fingerprint density at radius 2 is 2.04 bits per heavy atom. The van der Waals surface area contributed by atoms with E-state index in [-0.39, 0.29) is 5.91 Å². The number of hydrogen-bond donors (Lipinski definition) is 0. The molecule has 1 saturated carbocycles. The topological polar surface area (TPSA) is 51.7 Å². The van der Waals surface area contributed by atoms with Gasteiger partial charge in [0, 0.05) is 41.8 Å². The fraction of sp³-hybridized carbons (Fsp3) is 0.368. The van der Waals surface area contributed by atoms with E-state index in [1.807, 2.05) is 23.1 Å². The summed E-state index contributed by atoms with van der Waals surface area (Å²) in [6.07, 6.45) is 2.25. The van der Waals surface area contributed by atoms with Crippen molar-refractivity contribution in [1.29, 1.82) is 0 Å². The first-order chi connectivity index (χ1) is 12.1. The van der Waals surface area contributed by atoms with Gasteiger partial charge in [0.25, 0.3) is 5.91 Å². The Balaban J connectivity index is 1.63. The quantitative estimate of drug-likeness (QED) is 0.763. The van der Waals surface area contributed by atoms with Crippen molar-refractivity contribution in [3.8, 4) is 11.5 Å². The third kappa shape index (κ3) is 2.93. The first-order valence-corrected chi connectivity index (χ1v) is 8.68. The SMILES string of the molecule is COc1ccc(CN2Cc3c(cc(Cl)nc3C3CC3)C2=O)c(OC)c1. The molecule has 1 aromatic carbocycles. The molecule has 0 unspecified atom stereocenters. The third-order valence-corrected chi connectivity index (χ3v) is 5.00. The number of rotatable bonds is 5. The van der Waals surface area contributed by atoms with Crippen LogP contribution in [0.2, 0.25) is 5.15 Å². The van der Waals surface area contributed by atoms with Gasteiger partial charge in [-0.3, -0.25) is 4.79 Å². The highest BCUT2D eigenvalue weighted by Gasteiger charge is 2.36. The smallest absolute Gasteiger partial charge is 0.254 e. The number of carbonyl (C=O) groups is 1. The Hall–Kier alpha value is -2.27. The first-order valence-electron chi connectivity index (χ1n) is 8.30. The Morgan fingerprint density at radius 3 is 2.72 bits per heavy atom. The number of nitrogens with zero attached hydrogens (tertiary/aromatic N) is 2. The number of methoxy groups -OCH3 is 2. The van der Waals surface area contributed by atoms with Gasteiger partial charge in [-0.15, -0.1) is 0 Å². The predicted octanol–water partition coefficient (Wildman–Crippen LogP) is 3.79. The molecule has 2 aliphatic rings. The lowest BCUT2D eigenvalue weighted by atomic mass is 10.1. The highest BCUT2D eigenvalue weighted by Crippen LogP contribution is 2.44. The minimum absolute atomic E-state index is 0.000860. The molecule has 1 aliphatic carbocycles.